The van der Waals surface area contributed by atoms with Gasteiger partial charge in [0.15, 0.2) is 0 Å². The SMILES string of the molecule is N#C[C@H]1N2CCC[C@H]3[C@@H]2[C@H](CN2C(=O)CCC[C@H]32)[C@H]2O[C@]21[C@@H]1CC[C@H]2[C@@H]3[C@@H](CCCN31)CN1C(=O)CCC[C@H]21. The smallest absolute Gasteiger partial charge is 0.222 e. The Bertz CT molecular complexity index is 1120. The van der Waals surface area contributed by atoms with Gasteiger partial charge in [0.1, 0.15) is 11.6 Å². The summed E-state index contributed by atoms with van der Waals surface area (Å²) in [6.07, 6.45) is 12.8. The summed E-state index contributed by atoms with van der Waals surface area (Å²) in [6.45, 7) is 3.85. The first kappa shape index (κ1) is 24.0. The molecule has 210 valence electrons. The van der Waals surface area contributed by atoms with Crippen LogP contribution in [-0.2, 0) is 14.3 Å². The fraction of sp³-hybridized carbons (Fsp3) is 0.903. The summed E-state index contributed by atoms with van der Waals surface area (Å²) in [5, 5.41) is 10.8. The lowest BCUT2D eigenvalue weighted by Crippen LogP contribution is -2.76. The summed E-state index contributed by atoms with van der Waals surface area (Å²) in [4.78, 5) is 35.9. The molecule has 9 aliphatic rings. The van der Waals surface area contributed by atoms with Crippen molar-refractivity contribution in [2.75, 3.05) is 26.2 Å². The van der Waals surface area contributed by atoms with Crippen molar-refractivity contribution < 1.29 is 14.3 Å². The first-order chi connectivity index (χ1) is 19.1. The van der Waals surface area contributed by atoms with Crippen molar-refractivity contribution in [2.45, 2.75) is 125 Å². The molecule has 2 amide bonds. The second kappa shape index (κ2) is 8.42. The number of hydrogen-bond donors (Lipinski definition) is 0. The molecular weight excluding hydrogens is 490 g/mol. The van der Waals surface area contributed by atoms with Crippen LogP contribution in [0, 0.1) is 35.0 Å². The van der Waals surface area contributed by atoms with Gasteiger partial charge in [0.05, 0.1) is 12.2 Å². The van der Waals surface area contributed by atoms with E-state index >= 15 is 0 Å². The van der Waals surface area contributed by atoms with Crippen LogP contribution in [0.5, 0.6) is 0 Å². The highest BCUT2D eigenvalue weighted by molar-refractivity contribution is 5.78. The molecule has 0 bridgehead atoms. The lowest BCUT2D eigenvalue weighted by Gasteiger charge is -2.63. The molecule has 9 aliphatic heterocycles. The minimum Gasteiger partial charge on any atom is -0.361 e. The molecule has 8 heteroatoms. The van der Waals surface area contributed by atoms with Crippen molar-refractivity contribution in [1.29, 1.82) is 5.26 Å². The quantitative estimate of drug-likeness (QED) is 0.482. The first-order valence-electron chi connectivity index (χ1n) is 16.3. The van der Waals surface area contributed by atoms with Crippen LogP contribution in [0.1, 0.15) is 77.0 Å². The van der Waals surface area contributed by atoms with Gasteiger partial charge in [0, 0.05) is 62.1 Å². The van der Waals surface area contributed by atoms with Crippen molar-refractivity contribution in [3.05, 3.63) is 0 Å². The molecule has 0 aliphatic carbocycles. The zero-order chi connectivity index (χ0) is 26.0. The molecule has 0 aromatic carbocycles. The second-order valence-corrected chi connectivity index (χ2v) is 14.5. The molecule has 9 rings (SSSR count). The van der Waals surface area contributed by atoms with E-state index in [0.29, 0.717) is 66.1 Å². The van der Waals surface area contributed by atoms with Gasteiger partial charge in [-0.1, -0.05) is 0 Å². The average Bonchev–Trinajstić information content (AvgIpc) is 3.71. The number of fused-ring (bicyclic) bond motifs is 6. The molecule has 0 radical (unpaired) electrons. The number of carbonyl (C=O) groups excluding carboxylic acids is 2. The molecule has 0 saturated carbocycles. The zero-order valence-electron chi connectivity index (χ0n) is 23.1. The molecule has 9 heterocycles. The van der Waals surface area contributed by atoms with E-state index in [9.17, 15) is 14.9 Å². The molecule has 0 unspecified atom stereocenters. The summed E-state index contributed by atoms with van der Waals surface area (Å²) in [7, 11) is 0. The Kier molecular flexibility index (Phi) is 5.18. The molecule has 12 atom stereocenters. The van der Waals surface area contributed by atoms with Gasteiger partial charge in [-0.15, -0.1) is 0 Å². The number of amides is 2. The van der Waals surface area contributed by atoms with Crippen LogP contribution in [0.2, 0.25) is 0 Å². The molecule has 0 aromatic rings. The van der Waals surface area contributed by atoms with Crippen LogP contribution in [0.25, 0.3) is 0 Å². The Labute approximate surface area is 232 Å². The molecule has 9 saturated heterocycles. The van der Waals surface area contributed by atoms with Crippen LogP contribution in [-0.4, -0.2) is 106 Å². The third-order valence-electron chi connectivity index (χ3n) is 13.2. The number of carbonyl (C=O) groups is 2. The Balaban J connectivity index is 1.07. The lowest BCUT2D eigenvalue weighted by atomic mass is 9.61. The van der Waals surface area contributed by atoms with Crippen molar-refractivity contribution in [3.63, 3.8) is 0 Å². The van der Waals surface area contributed by atoms with Gasteiger partial charge in [-0.2, -0.15) is 5.26 Å². The van der Waals surface area contributed by atoms with Crippen LogP contribution < -0.4 is 0 Å². The highest BCUT2D eigenvalue weighted by Crippen LogP contribution is 2.62. The van der Waals surface area contributed by atoms with Gasteiger partial charge < -0.3 is 14.5 Å². The second-order valence-electron chi connectivity index (χ2n) is 14.5. The van der Waals surface area contributed by atoms with Gasteiger partial charge in [-0.3, -0.25) is 19.4 Å². The number of nitriles is 1. The van der Waals surface area contributed by atoms with E-state index in [4.69, 9.17) is 4.74 Å². The van der Waals surface area contributed by atoms with Crippen LogP contribution in [0.3, 0.4) is 0 Å². The third kappa shape index (κ3) is 3.05. The Morgan fingerprint density at radius 2 is 1.44 bits per heavy atom. The van der Waals surface area contributed by atoms with E-state index in [1.54, 1.807) is 0 Å². The standard InChI is InChI=1S/C31H43N5O3/c32-15-25-31(24-12-11-20-23-8-2-9-26(37)35(23)16-18-5-3-13-33(24)28(18)20)30(39-31)21-17-36-22(7-1-10-27(36)38)19-6-4-14-34(25)29(19)21/h18-25,28-30H,1-14,16-17H2/t18-,19+,20+,21-,22+,23+,24-,25+,28-,29+,30+,31-/m0/s1. The van der Waals surface area contributed by atoms with E-state index in [-0.39, 0.29) is 18.2 Å². The average molecular weight is 534 g/mol. The topological polar surface area (TPSA) is 83.4 Å². The minimum atomic E-state index is -0.421. The van der Waals surface area contributed by atoms with Crippen molar-refractivity contribution >= 4 is 11.8 Å². The summed E-state index contributed by atoms with van der Waals surface area (Å²) >= 11 is 0. The third-order valence-corrected chi connectivity index (χ3v) is 13.2. The monoisotopic (exact) mass is 533 g/mol. The Morgan fingerprint density at radius 1 is 0.744 bits per heavy atom. The maximum absolute atomic E-state index is 13.1. The van der Waals surface area contributed by atoms with E-state index in [0.717, 1.165) is 77.5 Å². The molecule has 0 spiro atoms. The number of ether oxygens (including phenoxy) is 1. The fourth-order valence-corrected chi connectivity index (χ4v) is 12.1. The number of rotatable bonds is 1. The van der Waals surface area contributed by atoms with Gasteiger partial charge in [-0.05, 0) is 95.1 Å². The number of hydrogen-bond acceptors (Lipinski definition) is 6. The lowest BCUT2D eigenvalue weighted by molar-refractivity contribution is -0.162. The Morgan fingerprint density at radius 3 is 2.21 bits per heavy atom. The normalized spacial score (nSPS) is 52.5. The maximum atomic E-state index is 13.1. The summed E-state index contributed by atoms with van der Waals surface area (Å²) < 4.78 is 6.99. The largest absolute Gasteiger partial charge is 0.361 e. The predicted octanol–water partition coefficient (Wildman–Crippen LogP) is 2.38. The highest BCUT2D eigenvalue weighted by Gasteiger charge is 2.78. The molecule has 8 nitrogen and oxygen atoms in total. The van der Waals surface area contributed by atoms with Crippen molar-refractivity contribution in [3.8, 4) is 6.07 Å². The first-order valence-corrected chi connectivity index (χ1v) is 16.3. The molecule has 0 N–H and O–H groups in total. The fourth-order valence-electron chi connectivity index (χ4n) is 12.1. The van der Waals surface area contributed by atoms with Gasteiger partial charge in [0.25, 0.3) is 0 Å². The van der Waals surface area contributed by atoms with Crippen molar-refractivity contribution in [1.82, 2.24) is 19.6 Å². The molecule has 9 fully saturated rings. The minimum absolute atomic E-state index is 0.0953. The van der Waals surface area contributed by atoms with Crippen LogP contribution in [0.15, 0.2) is 0 Å². The predicted molar refractivity (Wildman–Crippen MR) is 142 cm³/mol. The van der Waals surface area contributed by atoms with E-state index in [1.807, 2.05) is 0 Å². The van der Waals surface area contributed by atoms with Crippen LogP contribution in [0.4, 0.5) is 0 Å². The summed E-state index contributed by atoms with van der Waals surface area (Å²) in [5.41, 5.74) is -0.421. The van der Waals surface area contributed by atoms with Gasteiger partial charge in [0.2, 0.25) is 11.8 Å². The van der Waals surface area contributed by atoms with Crippen LogP contribution >= 0.6 is 0 Å². The van der Waals surface area contributed by atoms with Gasteiger partial charge >= 0.3 is 0 Å². The number of epoxide rings is 1. The number of piperidine rings is 8. The van der Waals surface area contributed by atoms with E-state index in [2.05, 4.69) is 25.7 Å². The Hall–Kier alpha value is -1.69. The van der Waals surface area contributed by atoms with E-state index < -0.39 is 5.60 Å². The molecule has 39 heavy (non-hydrogen) atoms. The highest BCUT2D eigenvalue weighted by atomic mass is 16.6. The van der Waals surface area contributed by atoms with E-state index in [1.165, 1.54) is 19.3 Å². The summed E-state index contributed by atoms with van der Waals surface area (Å²) in [5.74, 6) is 2.67. The molecule has 0 aromatic heterocycles. The number of nitrogens with zero attached hydrogens (tertiary/aromatic N) is 5. The summed E-state index contributed by atoms with van der Waals surface area (Å²) in [6, 6.07) is 4.62. The van der Waals surface area contributed by atoms with Gasteiger partial charge in [-0.25, -0.2) is 0 Å². The van der Waals surface area contributed by atoms with Crippen molar-refractivity contribution in [2.24, 2.45) is 23.7 Å². The molecular formula is C31H43N5O3. The maximum Gasteiger partial charge on any atom is 0.222 e. The zero-order valence-corrected chi connectivity index (χ0v) is 23.1.